The molecule has 21 heavy (non-hydrogen) atoms. The molecule has 0 aromatic carbocycles. The van der Waals surface area contributed by atoms with Gasteiger partial charge in [-0.1, -0.05) is 27.2 Å². The van der Waals surface area contributed by atoms with Gasteiger partial charge >= 0.3 is 0 Å². The lowest BCUT2D eigenvalue weighted by Crippen LogP contribution is -2.32. The fourth-order valence-electron chi connectivity index (χ4n) is 1.92. The Morgan fingerprint density at radius 1 is 1.19 bits per heavy atom. The minimum absolute atomic E-state index is 0.0187. The first-order valence-electron chi connectivity index (χ1n) is 7.66. The van der Waals surface area contributed by atoms with Crippen molar-refractivity contribution >= 4 is 17.5 Å². The van der Waals surface area contributed by atoms with Crippen LogP contribution in [0, 0.1) is 5.92 Å². The zero-order valence-corrected chi connectivity index (χ0v) is 13.5. The lowest BCUT2D eigenvalue weighted by Gasteiger charge is -2.14. The molecule has 6 nitrogen and oxygen atoms in total. The van der Waals surface area contributed by atoms with Gasteiger partial charge in [0.1, 0.15) is 18.0 Å². The van der Waals surface area contributed by atoms with Crippen LogP contribution in [0.1, 0.15) is 39.7 Å². The molecule has 0 fully saturated rings. The van der Waals surface area contributed by atoms with Crippen LogP contribution < -0.4 is 16.0 Å². The number of aromatic nitrogens is 2. The van der Waals surface area contributed by atoms with Gasteiger partial charge in [-0.15, -0.1) is 0 Å². The number of amides is 1. The van der Waals surface area contributed by atoms with E-state index in [1.54, 1.807) is 0 Å². The average molecular weight is 293 g/mol. The van der Waals surface area contributed by atoms with Crippen molar-refractivity contribution < 1.29 is 4.79 Å². The van der Waals surface area contributed by atoms with Gasteiger partial charge in [0.25, 0.3) is 0 Å². The van der Waals surface area contributed by atoms with Gasteiger partial charge < -0.3 is 16.0 Å². The molecule has 0 radical (unpaired) electrons. The second-order valence-corrected chi connectivity index (χ2v) is 5.38. The predicted molar refractivity (Wildman–Crippen MR) is 86.5 cm³/mol. The predicted octanol–water partition coefficient (Wildman–Crippen LogP) is 2.04. The summed E-state index contributed by atoms with van der Waals surface area (Å²) in [7, 11) is 0. The Morgan fingerprint density at radius 3 is 2.43 bits per heavy atom. The highest BCUT2D eigenvalue weighted by Crippen LogP contribution is 2.21. The molecule has 1 amide bonds. The van der Waals surface area contributed by atoms with E-state index in [0.29, 0.717) is 12.5 Å². The van der Waals surface area contributed by atoms with E-state index in [-0.39, 0.29) is 12.5 Å². The number of rotatable bonds is 9. The Bertz CT molecular complexity index is 448. The highest BCUT2D eigenvalue weighted by molar-refractivity contribution is 5.80. The summed E-state index contributed by atoms with van der Waals surface area (Å²) in [6, 6.07) is 0. The molecule has 0 unspecified atom stereocenters. The molecule has 1 aromatic heterocycles. The maximum atomic E-state index is 11.8. The lowest BCUT2D eigenvalue weighted by atomic mass is 10.1. The second kappa shape index (κ2) is 9.15. The number of anilines is 2. The Labute approximate surface area is 127 Å². The van der Waals surface area contributed by atoms with Gasteiger partial charge in [-0.3, -0.25) is 4.79 Å². The van der Waals surface area contributed by atoms with E-state index < -0.39 is 0 Å². The molecule has 0 aliphatic rings. The minimum atomic E-state index is -0.0187. The summed E-state index contributed by atoms with van der Waals surface area (Å²) in [5, 5.41) is 9.24. The minimum Gasteiger partial charge on any atom is -0.370 e. The molecule has 1 rings (SSSR count). The summed E-state index contributed by atoms with van der Waals surface area (Å²) in [6.07, 6.45) is 3.39. The van der Waals surface area contributed by atoms with Crippen molar-refractivity contribution in [2.45, 2.75) is 40.5 Å². The van der Waals surface area contributed by atoms with E-state index in [2.05, 4.69) is 46.7 Å². The standard InChI is InChI=1S/C15H27N5O/c1-5-7-12-14(16-6-2)19-10-20-15(12)18-9-13(21)17-8-11(3)4/h10-11H,5-9H2,1-4H3,(H,17,21)(H2,16,18,19,20). The van der Waals surface area contributed by atoms with Gasteiger partial charge in [-0.2, -0.15) is 0 Å². The van der Waals surface area contributed by atoms with Crippen molar-refractivity contribution in [3.8, 4) is 0 Å². The monoisotopic (exact) mass is 293 g/mol. The molecule has 3 N–H and O–H groups in total. The van der Waals surface area contributed by atoms with Gasteiger partial charge in [-0.25, -0.2) is 9.97 Å². The number of nitrogens with zero attached hydrogens (tertiary/aromatic N) is 2. The molecule has 1 aromatic rings. The summed E-state index contributed by atoms with van der Waals surface area (Å²) >= 11 is 0. The smallest absolute Gasteiger partial charge is 0.239 e. The van der Waals surface area contributed by atoms with Crippen molar-refractivity contribution in [2.24, 2.45) is 5.92 Å². The highest BCUT2D eigenvalue weighted by Gasteiger charge is 2.11. The van der Waals surface area contributed by atoms with Gasteiger partial charge in [0.2, 0.25) is 5.91 Å². The van der Waals surface area contributed by atoms with Crippen molar-refractivity contribution in [1.82, 2.24) is 15.3 Å². The quantitative estimate of drug-likeness (QED) is 0.649. The SMILES string of the molecule is CCCc1c(NCC)ncnc1NCC(=O)NCC(C)C. The Morgan fingerprint density at radius 2 is 1.86 bits per heavy atom. The second-order valence-electron chi connectivity index (χ2n) is 5.38. The van der Waals surface area contributed by atoms with E-state index in [4.69, 9.17) is 0 Å². The molecule has 0 bridgehead atoms. The largest absolute Gasteiger partial charge is 0.370 e. The van der Waals surface area contributed by atoms with E-state index in [1.165, 1.54) is 6.33 Å². The molecule has 6 heteroatoms. The number of carbonyl (C=O) groups is 1. The molecule has 0 saturated heterocycles. The third-order valence-electron chi connectivity index (χ3n) is 2.91. The number of hydrogen-bond donors (Lipinski definition) is 3. The third-order valence-corrected chi connectivity index (χ3v) is 2.91. The normalized spacial score (nSPS) is 10.5. The topological polar surface area (TPSA) is 78.9 Å². The lowest BCUT2D eigenvalue weighted by molar-refractivity contribution is -0.119. The van der Waals surface area contributed by atoms with Gasteiger partial charge in [-0.05, 0) is 19.3 Å². The molecule has 1 heterocycles. The fourth-order valence-corrected chi connectivity index (χ4v) is 1.92. The van der Waals surface area contributed by atoms with Crippen LogP contribution in [0.4, 0.5) is 11.6 Å². The number of hydrogen-bond acceptors (Lipinski definition) is 5. The van der Waals surface area contributed by atoms with Crippen LogP contribution in [-0.4, -0.2) is 35.5 Å². The van der Waals surface area contributed by atoms with E-state index in [1.807, 2.05) is 6.92 Å². The van der Waals surface area contributed by atoms with Crippen LogP contribution in [0.5, 0.6) is 0 Å². The molecule has 0 spiro atoms. The third kappa shape index (κ3) is 5.97. The molecule has 0 aliphatic heterocycles. The molecular formula is C15H27N5O. The number of carbonyl (C=O) groups excluding carboxylic acids is 1. The average Bonchev–Trinajstić information content (AvgIpc) is 2.45. The van der Waals surface area contributed by atoms with Crippen molar-refractivity contribution in [3.05, 3.63) is 11.9 Å². The van der Waals surface area contributed by atoms with Gasteiger partial charge in [0.05, 0.1) is 6.54 Å². The molecular weight excluding hydrogens is 266 g/mol. The first-order valence-corrected chi connectivity index (χ1v) is 7.66. The Hall–Kier alpha value is -1.85. The van der Waals surface area contributed by atoms with Crippen LogP contribution in [0.2, 0.25) is 0 Å². The van der Waals surface area contributed by atoms with Crippen molar-refractivity contribution in [2.75, 3.05) is 30.3 Å². The molecule has 118 valence electrons. The molecule has 0 atom stereocenters. The summed E-state index contributed by atoms with van der Waals surface area (Å²) in [6.45, 7) is 10.0. The summed E-state index contributed by atoms with van der Waals surface area (Å²) in [4.78, 5) is 20.3. The maximum Gasteiger partial charge on any atom is 0.239 e. The van der Waals surface area contributed by atoms with E-state index in [9.17, 15) is 4.79 Å². The Balaban J connectivity index is 2.68. The van der Waals surface area contributed by atoms with E-state index >= 15 is 0 Å². The maximum absolute atomic E-state index is 11.8. The Kier molecular flexibility index (Phi) is 7.50. The van der Waals surface area contributed by atoms with Crippen LogP contribution in [0.3, 0.4) is 0 Å². The first kappa shape index (κ1) is 17.2. The summed E-state index contributed by atoms with van der Waals surface area (Å²) < 4.78 is 0. The first-order chi connectivity index (χ1) is 10.1. The highest BCUT2D eigenvalue weighted by atomic mass is 16.1. The van der Waals surface area contributed by atoms with Crippen LogP contribution in [0.25, 0.3) is 0 Å². The van der Waals surface area contributed by atoms with Crippen LogP contribution >= 0.6 is 0 Å². The van der Waals surface area contributed by atoms with Crippen LogP contribution in [0.15, 0.2) is 6.33 Å². The summed E-state index contributed by atoms with van der Waals surface area (Å²) in [5.41, 5.74) is 1.04. The number of nitrogens with one attached hydrogen (secondary N) is 3. The zero-order valence-electron chi connectivity index (χ0n) is 13.5. The van der Waals surface area contributed by atoms with Crippen molar-refractivity contribution in [3.63, 3.8) is 0 Å². The molecule has 0 saturated carbocycles. The molecule has 0 aliphatic carbocycles. The summed E-state index contributed by atoms with van der Waals surface area (Å²) in [5.74, 6) is 2.01. The van der Waals surface area contributed by atoms with Gasteiger partial charge in [0.15, 0.2) is 0 Å². The van der Waals surface area contributed by atoms with Gasteiger partial charge in [0, 0.05) is 18.7 Å². The van der Waals surface area contributed by atoms with E-state index in [0.717, 1.165) is 36.6 Å². The van der Waals surface area contributed by atoms with Crippen LogP contribution in [-0.2, 0) is 11.2 Å². The van der Waals surface area contributed by atoms with Crippen molar-refractivity contribution in [1.29, 1.82) is 0 Å². The zero-order chi connectivity index (χ0) is 15.7. The fraction of sp³-hybridized carbons (Fsp3) is 0.667.